The standard InChI is InChI=1S/C13H21N5O/c1-3-4-14-13(19)11-9-12(16-10-15-11)18-7-5-17(2)6-8-18/h9-10H,3-8H2,1-2H3,(H,14,19). The number of piperazine rings is 1. The highest BCUT2D eigenvalue weighted by Crippen LogP contribution is 2.13. The maximum Gasteiger partial charge on any atom is 0.270 e. The van der Waals surface area contributed by atoms with Crippen molar-refractivity contribution in [1.29, 1.82) is 0 Å². The minimum Gasteiger partial charge on any atom is -0.354 e. The van der Waals surface area contributed by atoms with Crippen LogP contribution in [0.15, 0.2) is 12.4 Å². The van der Waals surface area contributed by atoms with E-state index in [0.717, 1.165) is 38.4 Å². The molecule has 104 valence electrons. The largest absolute Gasteiger partial charge is 0.354 e. The van der Waals surface area contributed by atoms with Gasteiger partial charge in [0.1, 0.15) is 17.8 Å². The Kier molecular flexibility index (Phi) is 4.68. The summed E-state index contributed by atoms with van der Waals surface area (Å²) < 4.78 is 0. The lowest BCUT2D eigenvalue weighted by molar-refractivity contribution is 0.0948. The average Bonchev–Trinajstić information content (AvgIpc) is 2.45. The van der Waals surface area contributed by atoms with E-state index in [9.17, 15) is 4.79 Å². The Morgan fingerprint density at radius 3 is 2.74 bits per heavy atom. The lowest BCUT2D eigenvalue weighted by Crippen LogP contribution is -2.45. The molecule has 0 bridgehead atoms. The summed E-state index contributed by atoms with van der Waals surface area (Å²) in [5.41, 5.74) is 0.442. The van der Waals surface area contributed by atoms with Gasteiger partial charge >= 0.3 is 0 Å². The van der Waals surface area contributed by atoms with Crippen LogP contribution in [0, 0.1) is 0 Å². The SMILES string of the molecule is CCCNC(=O)c1cc(N2CCN(C)CC2)ncn1. The second kappa shape index (κ2) is 6.47. The molecule has 0 aromatic carbocycles. The minimum absolute atomic E-state index is 0.125. The Balaban J connectivity index is 2.04. The number of likely N-dealkylation sites (N-methyl/N-ethyl adjacent to an activating group) is 1. The fourth-order valence-electron chi connectivity index (χ4n) is 2.01. The molecule has 1 aromatic rings. The zero-order valence-electron chi connectivity index (χ0n) is 11.6. The van der Waals surface area contributed by atoms with Gasteiger partial charge in [-0.2, -0.15) is 0 Å². The lowest BCUT2D eigenvalue weighted by atomic mass is 10.3. The number of aromatic nitrogens is 2. The monoisotopic (exact) mass is 263 g/mol. The summed E-state index contributed by atoms with van der Waals surface area (Å²) >= 11 is 0. The van der Waals surface area contributed by atoms with Gasteiger partial charge in [-0.25, -0.2) is 9.97 Å². The quantitative estimate of drug-likeness (QED) is 0.850. The van der Waals surface area contributed by atoms with E-state index in [4.69, 9.17) is 0 Å². The van der Waals surface area contributed by atoms with E-state index in [-0.39, 0.29) is 5.91 Å². The Bertz CT molecular complexity index is 429. The molecular formula is C13H21N5O. The molecule has 1 N–H and O–H groups in total. The number of hydrogen-bond donors (Lipinski definition) is 1. The zero-order chi connectivity index (χ0) is 13.7. The molecule has 1 aliphatic rings. The summed E-state index contributed by atoms with van der Waals surface area (Å²) in [5.74, 6) is 0.712. The van der Waals surface area contributed by atoms with Gasteiger partial charge in [0.25, 0.3) is 5.91 Å². The lowest BCUT2D eigenvalue weighted by Gasteiger charge is -2.33. The van der Waals surface area contributed by atoms with Crippen molar-refractivity contribution in [3.05, 3.63) is 18.1 Å². The smallest absolute Gasteiger partial charge is 0.270 e. The Hall–Kier alpha value is -1.69. The highest BCUT2D eigenvalue weighted by molar-refractivity contribution is 5.92. The first-order valence-corrected chi connectivity index (χ1v) is 6.74. The summed E-state index contributed by atoms with van der Waals surface area (Å²) in [5, 5.41) is 2.83. The van der Waals surface area contributed by atoms with Crippen molar-refractivity contribution in [2.45, 2.75) is 13.3 Å². The van der Waals surface area contributed by atoms with Crippen LogP contribution in [0.5, 0.6) is 0 Å². The zero-order valence-corrected chi connectivity index (χ0v) is 11.6. The number of nitrogens with zero attached hydrogens (tertiary/aromatic N) is 4. The highest BCUT2D eigenvalue weighted by Gasteiger charge is 2.17. The summed E-state index contributed by atoms with van der Waals surface area (Å²) in [6.45, 7) is 6.60. The van der Waals surface area contributed by atoms with Crippen LogP contribution in [0.25, 0.3) is 0 Å². The van der Waals surface area contributed by atoms with Gasteiger partial charge in [0.05, 0.1) is 0 Å². The number of nitrogens with one attached hydrogen (secondary N) is 1. The molecule has 19 heavy (non-hydrogen) atoms. The van der Waals surface area contributed by atoms with Gasteiger partial charge in [-0.1, -0.05) is 6.92 Å². The van der Waals surface area contributed by atoms with E-state index in [1.807, 2.05) is 6.92 Å². The van der Waals surface area contributed by atoms with Crippen molar-refractivity contribution in [3.8, 4) is 0 Å². The molecule has 1 aromatic heterocycles. The molecular weight excluding hydrogens is 242 g/mol. The van der Waals surface area contributed by atoms with E-state index in [0.29, 0.717) is 12.2 Å². The van der Waals surface area contributed by atoms with Crippen LogP contribution in [0.3, 0.4) is 0 Å². The van der Waals surface area contributed by atoms with E-state index in [1.165, 1.54) is 6.33 Å². The Morgan fingerprint density at radius 2 is 2.05 bits per heavy atom. The molecule has 6 heteroatoms. The molecule has 2 rings (SSSR count). The van der Waals surface area contributed by atoms with Gasteiger partial charge in [-0.15, -0.1) is 0 Å². The van der Waals surface area contributed by atoms with Crippen LogP contribution in [-0.2, 0) is 0 Å². The van der Waals surface area contributed by atoms with Gasteiger partial charge in [0.15, 0.2) is 0 Å². The molecule has 0 atom stereocenters. The topological polar surface area (TPSA) is 61.4 Å². The third-order valence-electron chi connectivity index (χ3n) is 3.25. The molecule has 0 spiro atoms. The first-order valence-electron chi connectivity index (χ1n) is 6.74. The maximum atomic E-state index is 11.9. The van der Waals surface area contributed by atoms with Crippen molar-refractivity contribution in [3.63, 3.8) is 0 Å². The van der Waals surface area contributed by atoms with Crippen LogP contribution < -0.4 is 10.2 Å². The van der Waals surface area contributed by atoms with Crippen LogP contribution in [0.4, 0.5) is 5.82 Å². The van der Waals surface area contributed by atoms with Crippen molar-refractivity contribution < 1.29 is 4.79 Å². The molecule has 1 amide bonds. The predicted molar refractivity (Wildman–Crippen MR) is 74.4 cm³/mol. The van der Waals surface area contributed by atoms with Gasteiger partial charge in [0, 0.05) is 38.8 Å². The molecule has 2 heterocycles. The fraction of sp³-hybridized carbons (Fsp3) is 0.615. The van der Waals surface area contributed by atoms with Crippen LogP contribution >= 0.6 is 0 Å². The number of carbonyl (C=O) groups excluding carboxylic acids is 1. The number of anilines is 1. The number of hydrogen-bond acceptors (Lipinski definition) is 5. The van der Waals surface area contributed by atoms with Gasteiger partial charge < -0.3 is 15.1 Å². The normalized spacial score (nSPS) is 16.4. The predicted octanol–water partition coefficient (Wildman–Crippen LogP) is 0.368. The van der Waals surface area contributed by atoms with E-state index in [2.05, 4.69) is 32.1 Å². The molecule has 0 saturated carbocycles. The van der Waals surface area contributed by atoms with Gasteiger partial charge in [-0.3, -0.25) is 4.79 Å². The number of amides is 1. The number of carbonyl (C=O) groups is 1. The minimum atomic E-state index is -0.125. The van der Waals surface area contributed by atoms with Crippen molar-refractivity contribution >= 4 is 11.7 Å². The average molecular weight is 263 g/mol. The molecule has 0 radical (unpaired) electrons. The third kappa shape index (κ3) is 3.64. The summed E-state index contributed by atoms with van der Waals surface area (Å²) in [7, 11) is 2.11. The summed E-state index contributed by atoms with van der Waals surface area (Å²) in [4.78, 5) is 24.6. The first-order chi connectivity index (χ1) is 9.20. The van der Waals surface area contributed by atoms with Gasteiger partial charge in [0.2, 0.25) is 0 Å². The summed E-state index contributed by atoms with van der Waals surface area (Å²) in [6, 6.07) is 1.77. The maximum absolute atomic E-state index is 11.9. The van der Waals surface area contributed by atoms with Crippen LogP contribution in [0.1, 0.15) is 23.8 Å². The third-order valence-corrected chi connectivity index (χ3v) is 3.25. The number of rotatable bonds is 4. The highest BCUT2D eigenvalue weighted by atomic mass is 16.1. The molecule has 0 aliphatic carbocycles. The van der Waals surface area contributed by atoms with Crippen LogP contribution in [-0.4, -0.2) is 60.5 Å². The Labute approximate surface area is 113 Å². The fourth-order valence-corrected chi connectivity index (χ4v) is 2.01. The first kappa shape index (κ1) is 13.7. The molecule has 0 unspecified atom stereocenters. The second-order valence-electron chi connectivity index (χ2n) is 4.81. The summed E-state index contributed by atoms with van der Waals surface area (Å²) in [6.07, 6.45) is 2.39. The molecule has 1 saturated heterocycles. The van der Waals surface area contributed by atoms with E-state index < -0.39 is 0 Å². The van der Waals surface area contributed by atoms with E-state index >= 15 is 0 Å². The van der Waals surface area contributed by atoms with Crippen molar-refractivity contribution in [2.75, 3.05) is 44.7 Å². The molecule has 1 fully saturated rings. The van der Waals surface area contributed by atoms with Crippen molar-refractivity contribution in [2.24, 2.45) is 0 Å². The van der Waals surface area contributed by atoms with Gasteiger partial charge in [-0.05, 0) is 13.5 Å². The van der Waals surface area contributed by atoms with E-state index in [1.54, 1.807) is 6.07 Å². The molecule has 1 aliphatic heterocycles. The molecule has 6 nitrogen and oxygen atoms in total. The van der Waals surface area contributed by atoms with Crippen LogP contribution in [0.2, 0.25) is 0 Å². The van der Waals surface area contributed by atoms with Crippen molar-refractivity contribution in [1.82, 2.24) is 20.2 Å². The second-order valence-corrected chi connectivity index (χ2v) is 4.81. The Morgan fingerprint density at radius 1 is 1.32 bits per heavy atom.